The molecule has 2 rings (SSSR count). The molecule has 0 bridgehead atoms. The smallest absolute Gasteiger partial charge is 0.0642 e. The van der Waals surface area contributed by atoms with Gasteiger partial charge in [-0.15, -0.1) is 0 Å². The molecular formula is C16H26ClN3. The van der Waals surface area contributed by atoms with Crippen LogP contribution in [0, 0.1) is 0 Å². The van der Waals surface area contributed by atoms with Gasteiger partial charge in [0.15, 0.2) is 0 Å². The van der Waals surface area contributed by atoms with Crippen molar-refractivity contribution >= 4 is 17.3 Å². The first-order valence-electron chi connectivity index (χ1n) is 7.50. The Balaban J connectivity index is 2.09. The maximum atomic E-state index is 6.48. The lowest BCUT2D eigenvalue weighted by atomic mass is 10.0. The number of nitrogens with two attached hydrogens (primary N) is 1. The first kappa shape index (κ1) is 15.6. The van der Waals surface area contributed by atoms with Crippen LogP contribution in [0.3, 0.4) is 0 Å². The lowest BCUT2D eigenvalue weighted by molar-refractivity contribution is 0.234. The second kappa shape index (κ2) is 6.79. The van der Waals surface area contributed by atoms with E-state index in [9.17, 15) is 0 Å². The quantitative estimate of drug-likeness (QED) is 0.927. The Bertz CT molecular complexity index is 449. The summed E-state index contributed by atoms with van der Waals surface area (Å²) in [7, 11) is 2.18. The highest BCUT2D eigenvalue weighted by atomic mass is 35.5. The van der Waals surface area contributed by atoms with Crippen LogP contribution in [0.2, 0.25) is 5.02 Å². The number of halogens is 1. The van der Waals surface area contributed by atoms with Gasteiger partial charge in [0.25, 0.3) is 0 Å². The number of nitrogens with zero attached hydrogens (tertiary/aromatic N) is 2. The zero-order valence-electron chi connectivity index (χ0n) is 12.8. The summed E-state index contributed by atoms with van der Waals surface area (Å²) >= 11 is 6.48. The summed E-state index contributed by atoms with van der Waals surface area (Å²) in [5.74, 6) is 0. The SMILES string of the molecule is CCC(N)Cc1ccc(N2CCN(C)C(C)C2)c(Cl)c1. The van der Waals surface area contributed by atoms with E-state index in [2.05, 4.69) is 48.9 Å². The van der Waals surface area contributed by atoms with Crippen LogP contribution in [0.15, 0.2) is 18.2 Å². The molecule has 4 heteroatoms. The van der Waals surface area contributed by atoms with E-state index in [0.717, 1.165) is 43.2 Å². The van der Waals surface area contributed by atoms with Crippen LogP contribution in [0.5, 0.6) is 0 Å². The van der Waals surface area contributed by atoms with E-state index in [1.807, 2.05) is 0 Å². The molecule has 1 fully saturated rings. The number of anilines is 1. The number of likely N-dealkylation sites (N-methyl/N-ethyl adjacent to an activating group) is 1. The highest BCUT2D eigenvalue weighted by Gasteiger charge is 2.22. The van der Waals surface area contributed by atoms with Gasteiger partial charge in [-0.25, -0.2) is 0 Å². The molecule has 2 atom stereocenters. The van der Waals surface area contributed by atoms with E-state index in [-0.39, 0.29) is 6.04 Å². The number of piperazine rings is 1. The van der Waals surface area contributed by atoms with E-state index in [1.165, 1.54) is 5.56 Å². The predicted octanol–water partition coefficient (Wildman–Crippen LogP) is 2.76. The van der Waals surface area contributed by atoms with Crippen LogP contribution in [0.1, 0.15) is 25.8 Å². The first-order chi connectivity index (χ1) is 9.51. The van der Waals surface area contributed by atoms with E-state index in [4.69, 9.17) is 17.3 Å². The van der Waals surface area contributed by atoms with Crippen molar-refractivity contribution in [3.63, 3.8) is 0 Å². The zero-order valence-corrected chi connectivity index (χ0v) is 13.5. The van der Waals surface area contributed by atoms with Gasteiger partial charge in [0.1, 0.15) is 0 Å². The highest BCUT2D eigenvalue weighted by Crippen LogP contribution is 2.29. The molecular weight excluding hydrogens is 270 g/mol. The molecule has 0 spiro atoms. The fourth-order valence-electron chi connectivity index (χ4n) is 2.65. The molecule has 0 radical (unpaired) electrons. The molecule has 112 valence electrons. The average molecular weight is 296 g/mol. The van der Waals surface area contributed by atoms with Crippen molar-refractivity contribution in [2.24, 2.45) is 5.73 Å². The van der Waals surface area contributed by atoms with Gasteiger partial charge in [0.2, 0.25) is 0 Å². The summed E-state index contributed by atoms with van der Waals surface area (Å²) in [6, 6.07) is 7.18. The van der Waals surface area contributed by atoms with Gasteiger partial charge in [-0.2, -0.15) is 0 Å². The maximum Gasteiger partial charge on any atom is 0.0642 e. The van der Waals surface area contributed by atoms with Gasteiger partial charge in [0.05, 0.1) is 10.7 Å². The van der Waals surface area contributed by atoms with Crippen LogP contribution < -0.4 is 10.6 Å². The lowest BCUT2D eigenvalue weighted by Gasteiger charge is -2.39. The van der Waals surface area contributed by atoms with Gasteiger partial charge in [0, 0.05) is 31.7 Å². The minimum Gasteiger partial charge on any atom is -0.367 e. The van der Waals surface area contributed by atoms with Crippen molar-refractivity contribution in [1.82, 2.24) is 4.90 Å². The fraction of sp³-hybridized carbons (Fsp3) is 0.625. The Hall–Kier alpha value is -0.770. The van der Waals surface area contributed by atoms with Gasteiger partial charge in [-0.05, 0) is 44.5 Å². The minimum absolute atomic E-state index is 0.223. The number of hydrogen-bond donors (Lipinski definition) is 1. The molecule has 3 nitrogen and oxygen atoms in total. The standard InChI is InChI=1S/C16H26ClN3/c1-4-14(18)9-13-5-6-16(15(17)10-13)20-8-7-19(3)12(2)11-20/h5-6,10,12,14H,4,7-9,11,18H2,1-3H3. The summed E-state index contributed by atoms with van der Waals surface area (Å²) < 4.78 is 0. The van der Waals surface area contributed by atoms with E-state index < -0.39 is 0 Å². The van der Waals surface area contributed by atoms with Gasteiger partial charge in [-0.3, -0.25) is 0 Å². The van der Waals surface area contributed by atoms with E-state index >= 15 is 0 Å². The van der Waals surface area contributed by atoms with Crippen molar-refractivity contribution in [2.75, 3.05) is 31.6 Å². The van der Waals surface area contributed by atoms with Gasteiger partial charge >= 0.3 is 0 Å². The Morgan fingerprint density at radius 3 is 2.75 bits per heavy atom. The van der Waals surface area contributed by atoms with Crippen molar-refractivity contribution < 1.29 is 0 Å². The molecule has 0 aromatic heterocycles. The average Bonchev–Trinajstić information content (AvgIpc) is 2.42. The molecule has 1 saturated heterocycles. The molecule has 1 aliphatic rings. The largest absolute Gasteiger partial charge is 0.367 e. The van der Waals surface area contributed by atoms with Crippen molar-refractivity contribution in [3.05, 3.63) is 28.8 Å². The molecule has 0 saturated carbocycles. The number of benzene rings is 1. The third-order valence-corrected chi connectivity index (χ3v) is 4.64. The van der Waals surface area contributed by atoms with E-state index in [0.29, 0.717) is 6.04 Å². The van der Waals surface area contributed by atoms with Crippen molar-refractivity contribution in [2.45, 2.75) is 38.8 Å². The Morgan fingerprint density at radius 2 is 2.15 bits per heavy atom. The number of hydrogen-bond acceptors (Lipinski definition) is 3. The minimum atomic E-state index is 0.223. The summed E-state index contributed by atoms with van der Waals surface area (Å²) in [6.07, 6.45) is 1.89. The molecule has 2 unspecified atom stereocenters. The molecule has 20 heavy (non-hydrogen) atoms. The summed E-state index contributed by atoms with van der Waals surface area (Å²) in [5.41, 5.74) is 8.40. The second-order valence-corrected chi connectivity index (χ2v) is 6.34. The second-order valence-electron chi connectivity index (χ2n) is 5.93. The zero-order chi connectivity index (χ0) is 14.7. The molecule has 1 aromatic carbocycles. The van der Waals surface area contributed by atoms with Crippen LogP contribution in [-0.4, -0.2) is 43.7 Å². The summed E-state index contributed by atoms with van der Waals surface area (Å²) in [6.45, 7) is 7.53. The third kappa shape index (κ3) is 3.66. The highest BCUT2D eigenvalue weighted by molar-refractivity contribution is 6.33. The lowest BCUT2D eigenvalue weighted by Crippen LogP contribution is -2.50. The molecule has 1 aliphatic heterocycles. The monoisotopic (exact) mass is 295 g/mol. The normalized spacial score (nSPS) is 22.1. The Kier molecular flexibility index (Phi) is 5.30. The van der Waals surface area contributed by atoms with Crippen LogP contribution in [0.4, 0.5) is 5.69 Å². The van der Waals surface area contributed by atoms with Crippen molar-refractivity contribution in [3.8, 4) is 0 Å². The van der Waals surface area contributed by atoms with Crippen LogP contribution >= 0.6 is 11.6 Å². The van der Waals surface area contributed by atoms with E-state index in [1.54, 1.807) is 0 Å². The van der Waals surface area contributed by atoms with Gasteiger partial charge < -0.3 is 15.5 Å². The summed E-state index contributed by atoms with van der Waals surface area (Å²) in [5, 5.41) is 0.850. The van der Waals surface area contributed by atoms with Crippen LogP contribution in [0.25, 0.3) is 0 Å². The maximum absolute atomic E-state index is 6.48. The predicted molar refractivity (Wildman–Crippen MR) is 87.7 cm³/mol. The molecule has 1 heterocycles. The molecule has 2 N–H and O–H groups in total. The first-order valence-corrected chi connectivity index (χ1v) is 7.88. The number of rotatable bonds is 4. The Morgan fingerprint density at radius 1 is 1.40 bits per heavy atom. The van der Waals surface area contributed by atoms with Crippen molar-refractivity contribution in [1.29, 1.82) is 0 Å². The molecule has 0 aliphatic carbocycles. The molecule has 0 amide bonds. The summed E-state index contributed by atoms with van der Waals surface area (Å²) in [4.78, 5) is 4.77. The molecule has 1 aromatic rings. The van der Waals surface area contributed by atoms with Gasteiger partial charge in [-0.1, -0.05) is 24.6 Å². The third-order valence-electron chi connectivity index (χ3n) is 4.33. The van der Waals surface area contributed by atoms with Crippen LogP contribution in [-0.2, 0) is 6.42 Å². The topological polar surface area (TPSA) is 32.5 Å². The Labute approximate surface area is 127 Å². The fourth-order valence-corrected chi connectivity index (χ4v) is 2.97.